The Kier molecular flexibility index (Phi) is 3.57. The molecule has 1 heterocycles. The average Bonchev–Trinajstić information content (AvgIpc) is 2.88. The smallest absolute Gasteiger partial charge is 0.337 e. The van der Waals surface area contributed by atoms with Gasteiger partial charge < -0.3 is 15.4 Å². The summed E-state index contributed by atoms with van der Waals surface area (Å²) in [5.41, 5.74) is 6.85. The van der Waals surface area contributed by atoms with Gasteiger partial charge in [-0.05, 0) is 29.8 Å². The highest BCUT2D eigenvalue weighted by molar-refractivity contribution is 6.03. The molecule has 0 saturated carbocycles. The number of nitrogens with two attached hydrogens (primary N) is 1. The monoisotopic (exact) mass is 312 g/mol. The summed E-state index contributed by atoms with van der Waals surface area (Å²) in [6, 6.07) is 11.1. The van der Waals surface area contributed by atoms with Gasteiger partial charge in [0.1, 0.15) is 5.82 Å². The van der Waals surface area contributed by atoms with Crippen LogP contribution in [0.3, 0.4) is 0 Å². The number of primary amides is 1. The molecule has 3 rings (SSSR count). The molecule has 1 amide bonds. The lowest BCUT2D eigenvalue weighted by atomic mass is 10.1. The number of carbonyl (C=O) groups excluding carboxylic acids is 1. The molecular weight excluding hydrogens is 299 g/mol. The van der Waals surface area contributed by atoms with Gasteiger partial charge in [0.25, 0.3) is 0 Å². The van der Waals surface area contributed by atoms with Gasteiger partial charge in [-0.1, -0.05) is 18.2 Å². The first-order valence-corrected chi connectivity index (χ1v) is 6.87. The van der Waals surface area contributed by atoms with Gasteiger partial charge in [0.05, 0.1) is 11.1 Å². The Morgan fingerprint density at radius 3 is 2.43 bits per heavy atom. The molecule has 0 aliphatic carbocycles. The molecular formula is C17H13FN2O3. The average molecular weight is 312 g/mol. The molecule has 116 valence electrons. The quantitative estimate of drug-likeness (QED) is 0.776. The van der Waals surface area contributed by atoms with Gasteiger partial charge in [0, 0.05) is 23.7 Å². The molecule has 1 aromatic heterocycles. The molecule has 0 radical (unpaired) electrons. The summed E-state index contributed by atoms with van der Waals surface area (Å²) in [6.45, 7) is 0.353. The molecule has 0 aliphatic rings. The number of halogens is 1. The first-order valence-electron chi connectivity index (χ1n) is 6.87. The number of fused-ring (bicyclic) bond motifs is 1. The van der Waals surface area contributed by atoms with Crippen LogP contribution in [0.5, 0.6) is 0 Å². The number of carbonyl (C=O) groups is 2. The van der Waals surface area contributed by atoms with E-state index in [-0.39, 0.29) is 10.9 Å². The second-order valence-electron chi connectivity index (χ2n) is 5.17. The van der Waals surface area contributed by atoms with Crippen molar-refractivity contribution in [3.63, 3.8) is 0 Å². The first kappa shape index (κ1) is 14.8. The van der Waals surface area contributed by atoms with Crippen molar-refractivity contribution in [3.8, 4) is 0 Å². The Balaban J connectivity index is 2.05. The van der Waals surface area contributed by atoms with E-state index in [1.165, 1.54) is 18.3 Å². The van der Waals surface area contributed by atoms with Crippen LogP contribution in [0.15, 0.2) is 48.7 Å². The van der Waals surface area contributed by atoms with E-state index in [0.717, 1.165) is 5.56 Å². The molecule has 3 aromatic rings. The molecule has 0 fully saturated rings. The summed E-state index contributed by atoms with van der Waals surface area (Å²) in [5, 5.41) is 9.34. The first-order chi connectivity index (χ1) is 11.0. The van der Waals surface area contributed by atoms with Gasteiger partial charge in [-0.3, -0.25) is 4.79 Å². The van der Waals surface area contributed by atoms with Crippen LogP contribution in [0.4, 0.5) is 4.39 Å². The van der Waals surface area contributed by atoms with Crippen LogP contribution in [0.25, 0.3) is 10.9 Å². The summed E-state index contributed by atoms with van der Waals surface area (Å²) < 4.78 is 15.6. The minimum atomic E-state index is -1.18. The SMILES string of the molecule is NC(=O)c1ccc(Cn2cc(C(=O)O)c3c(F)cccc32)cc1. The molecule has 0 unspecified atom stereocenters. The van der Waals surface area contributed by atoms with Crippen molar-refractivity contribution in [2.24, 2.45) is 5.73 Å². The van der Waals surface area contributed by atoms with E-state index < -0.39 is 17.7 Å². The van der Waals surface area contributed by atoms with E-state index in [4.69, 9.17) is 5.73 Å². The van der Waals surface area contributed by atoms with Gasteiger partial charge in [-0.25, -0.2) is 9.18 Å². The van der Waals surface area contributed by atoms with E-state index in [0.29, 0.717) is 17.6 Å². The van der Waals surface area contributed by atoms with E-state index in [2.05, 4.69) is 0 Å². The van der Waals surface area contributed by atoms with Crippen LogP contribution >= 0.6 is 0 Å². The van der Waals surface area contributed by atoms with Gasteiger partial charge >= 0.3 is 5.97 Å². The lowest BCUT2D eigenvalue weighted by Gasteiger charge is -2.06. The zero-order valence-electron chi connectivity index (χ0n) is 12.0. The Morgan fingerprint density at radius 1 is 1.13 bits per heavy atom. The Hall–Kier alpha value is -3.15. The lowest BCUT2D eigenvalue weighted by molar-refractivity contribution is 0.0698. The van der Waals surface area contributed by atoms with Gasteiger partial charge in [0.2, 0.25) is 5.91 Å². The number of benzene rings is 2. The minimum absolute atomic E-state index is 0.0770. The number of carboxylic acid groups (broad SMARTS) is 1. The van der Waals surface area contributed by atoms with Crippen LogP contribution in [0.1, 0.15) is 26.3 Å². The third kappa shape index (κ3) is 2.66. The number of carboxylic acids is 1. The minimum Gasteiger partial charge on any atom is -0.478 e. The third-order valence-corrected chi connectivity index (χ3v) is 3.68. The summed E-state index contributed by atoms with van der Waals surface area (Å²) >= 11 is 0. The van der Waals surface area contributed by atoms with Gasteiger partial charge in [-0.15, -0.1) is 0 Å². The predicted octanol–water partition coefficient (Wildman–Crippen LogP) is 2.63. The van der Waals surface area contributed by atoms with Crippen molar-refractivity contribution in [2.45, 2.75) is 6.54 Å². The maximum atomic E-state index is 14.0. The largest absolute Gasteiger partial charge is 0.478 e. The van der Waals surface area contributed by atoms with Crippen LogP contribution in [0.2, 0.25) is 0 Å². The summed E-state index contributed by atoms with van der Waals surface area (Å²) in [7, 11) is 0. The number of aromatic nitrogens is 1. The second-order valence-corrected chi connectivity index (χ2v) is 5.17. The number of aromatic carboxylic acids is 1. The molecule has 0 bridgehead atoms. The number of amides is 1. The standard InChI is InChI=1S/C17H13FN2O3/c18-13-2-1-3-14-15(13)12(17(22)23)9-20(14)8-10-4-6-11(7-5-10)16(19)21/h1-7,9H,8H2,(H2,19,21)(H,22,23). The number of nitrogens with zero attached hydrogens (tertiary/aromatic N) is 1. The zero-order valence-corrected chi connectivity index (χ0v) is 12.0. The van der Waals surface area contributed by atoms with Crippen molar-refractivity contribution >= 4 is 22.8 Å². The van der Waals surface area contributed by atoms with Crippen LogP contribution < -0.4 is 5.73 Å². The molecule has 0 spiro atoms. The molecule has 2 aromatic carbocycles. The van der Waals surface area contributed by atoms with Crippen molar-refractivity contribution in [1.82, 2.24) is 4.57 Å². The maximum Gasteiger partial charge on any atom is 0.337 e. The van der Waals surface area contributed by atoms with E-state index in [1.54, 1.807) is 34.9 Å². The summed E-state index contributed by atoms with van der Waals surface area (Å²) in [4.78, 5) is 22.4. The normalized spacial score (nSPS) is 10.8. The number of hydrogen-bond donors (Lipinski definition) is 2. The van der Waals surface area contributed by atoms with E-state index in [1.807, 2.05) is 0 Å². The molecule has 5 nitrogen and oxygen atoms in total. The fourth-order valence-electron chi connectivity index (χ4n) is 2.57. The Morgan fingerprint density at radius 2 is 1.83 bits per heavy atom. The lowest BCUT2D eigenvalue weighted by Crippen LogP contribution is -2.10. The van der Waals surface area contributed by atoms with E-state index in [9.17, 15) is 19.1 Å². The van der Waals surface area contributed by atoms with Crippen LogP contribution in [-0.2, 0) is 6.54 Å². The Bertz CT molecular complexity index is 913. The topological polar surface area (TPSA) is 85.3 Å². The van der Waals surface area contributed by atoms with Gasteiger partial charge in [-0.2, -0.15) is 0 Å². The van der Waals surface area contributed by atoms with Gasteiger partial charge in [0.15, 0.2) is 0 Å². The highest BCUT2D eigenvalue weighted by Gasteiger charge is 2.17. The van der Waals surface area contributed by atoms with E-state index >= 15 is 0 Å². The summed E-state index contributed by atoms with van der Waals surface area (Å²) in [5.74, 6) is -2.26. The van der Waals surface area contributed by atoms with Crippen molar-refractivity contribution in [3.05, 3.63) is 71.2 Å². The molecule has 23 heavy (non-hydrogen) atoms. The van der Waals surface area contributed by atoms with Crippen molar-refractivity contribution in [2.75, 3.05) is 0 Å². The fourth-order valence-corrected chi connectivity index (χ4v) is 2.57. The highest BCUT2D eigenvalue weighted by atomic mass is 19.1. The Labute approximate surface area is 130 Å². The molecule has 6 heteroatoms. The van der Waals surface area contributed by atoms with Crippen LogP contribution in [0, 0.1) is 5.82 Å². The predicted molar refractivity (Wildman–Crippen MR) is 82.9 cm³/mol. The van der Waals surface area contributed by atoms with Crippen LogP contribution in [-0.4, -0.2) is 21.6 Å². The molecule has 0 aliphatic heterocycles. The van der Waals surface area contributed by atoms with Crippen molar-refractivity contribution < 1.29 is 19.1 Å². The highest BCUT2D eigenvalue weighted by Crippen LogP contribution is 2.25. The molecule has 0 saturated heterocycles. The third-order valence-electron chi connectivity index (χ3n) is 3.68. The molecule has 0 atom stereocenters. The summed E-state index contributed by atoms with van der Waals surface area (Å²) in [6.07, 6.45) is 1.41. The maximum absolute atomic E-state index is 14.0. The zero-order chi connectivity index (χ0) is 16.6. The second kappa shape index (κ2) is 5.57. The number of rotatable bonds is 4. The number of hydrogen-bond acceptors (Lipinski definition) is 2. The van der Waals surface area contributed by atoms with Crippen molar-refractivity contribution in [1.29, 1.82) is 0 Å². The fraction of sp³-hybridized carbons (Fsp3) is 0.0588. The molecule has 3 N–H and O–H groups in total.